The molecule has 0 nitrogen and oxygen atoms in total. The second-order valence-electron chi connectivity index (χ2n) is 8.71. The Bertz CT molecular complexity index is 1510. The van der Waals surface area contributed by atoms with Crippen LogP contribution in [0.1, 0.15) is 0 Å². The van der Waals surface area contributed by atoms with Gasteiger partial charge in [-0.3, -0.25) is 0 Å². The van der Waals surface area contributed by atoms with Gasteiger partial charge in [0.2, 0.25) is 0 Å². The zero-order chi connectivity index (χ0) is 23.0. The van der Waals surface area contributed by atoms with Crippen LogP contribution in [-0.4, -0.2) is 0 Å². The van der Waals surface area contributed by atoms with Gasteiger partial charge in [0.1, 0.15) is 0 Å². The van der Waals surface area contributed by atoms with Crippen molar-refractivity contribution in [3.05, 3.63) is 146 Å². The summed E-state index contributed by atoms with van der Waals surface area (Å²) in [5, 5.41) is 7.10. The SMILES string of the molecule is BrP(c1ccccc1)(c1ccccc1)(c1ccccc1)c1ccc2c(ccc3ccccc32)c1. The number of hydrogen-bond acceptors (Lipinski definition) is 0. The van der Waals surface area contributed by atoms with Crippen LogP contribution >= 0.6 is 20.8 Å². The molecule has 164 valence electrons. The molecule has 0 aliphatic rings. The van der Waals surface area contributed by atoms with Gasteiger partial charge in [0, 0.05) is 0 Å². The molecule has 0 unspecified atom stereocenters. The van der Waals surface area contributed by atoms with Crippen LogP contribution < -0.4 is 21.2 Å². The first kappa shape index (κ1) is 21.3. The summed E-state index contributed by atoms with van der Waals surface area (Å²) in [6.45, 7) is 0. The summed E-state index contributed by atoms with van der Waals surface area (Å²) in [4.78, 5) is 0. The summed E-state index contributed by atoms with van der Waals surface area (Å²) >= 11 is 4.59. The fourth-order valence-electron chi connectivity index (χ4n) is 5.28. The van der Waals surface area contributed by atoms with Crippen LogP contribution in [0.4, 0.5) is 0 Å². The summed E-state index contributed by atoms with van der Waals surface area (Å²) in [5.74, 6) is 0. The molecule has 6 rings (SSSR count). The molecule has 2 heteroatoms. The Morgan fingerprint density at radius 3 is 1.35 bits per heavy atom. The van der Waals surface area contributed by atoms with Gasteiger partial charge in [-0.05, 0) is 0 Å². The summed E-state index contributed by atoms with van der Waals surface area (Å²) in [6.07, 6.45) is 0. The maximum atomic E-state index is 4.59. The van der Waals surface area contributed by atoms with E-state index in [0.29, 0.717) is 0 Å². The van der Waals surface area contributed by atoms with Crippen LogP contribution in [0.15, 0.2) is 146 Å². The third-order valence-electron chi connectivity index (χ3n) is 6.94. The van der Waals surface area contributed by atoms with Crippen molar-refractivity contribution in [1.29, 1.82) is 0 Å². The monoisotopic (exact) mass is 518 g/mol. The molecule has 0 radical (unpaired) electrons. The zero-order valence-corrected chi connectivity index (χ0v) is 21.2. The van der Waals surface area contributed by atoms with Crippen LogP contribution in [0, 0.1) is 0 Å². The van der Waals surface area contributed by atoms with Crippen molar-refractivity contribution in [3.63, 3.8) is 0 Å². The summed E-state index contributed by atoms with van der Waals surface area (Å²) in [5.41, 5.74) is 0. The molecule has 6 aromatic carbocycles. The molecule has 0 bridgehead atoms. The van der Waals surface area contributed by atoms with Crippen LogP contribution in [0.25, 0.3) is 21.5 Å². The van der Waals surface area contributed by atoms with E-state index in [2.05, 4.69) is 161 Å². The molecule has 0 aliphatic heterocycles. The number of rotatable bonds is 4. The van der Waals surface area contributed by atoms with E-state index < -0.39 is 5.31 Å². The molecule has 0 saturated carbocycles. The normalized spacial score (nSPS) is 12.9. The van der Waals surface area contributed by atoms with Gasteiger partial charge in [0.05, 0.1) is 0 Å². The molecule has 6 aromatic rings. The first-order chi connectivity index (χ1) is 16.7. The topological polar surface area (TPSA) is 0 Å². The van der Waals surface area contributed by atoms with Gasteiger partial charge >= 0.3 is 209 Å². The molecule has 34 heavy (non-hydrogen) atoms. The van der Waals surface area contributed by atoms with Crippen molar-refractivity contribution in [2.45, 2.75) is 0 Å². The average Bonchev–Trinajstić information content (AvgIpc) is 2.94. The van der Waals surface area contributed by atoms with E-state index in [1.165, 1.54) is 42.8 Å². The Balaban J connectivity index is 1.78. The van der Waals surface area contributed by atoms with Crippen molar-refractivity contribution in [3.8, 4) is 0 Å². The fraction of sp³-hybridized carbons (Fsp3) is 0. The first-order valence-electron chi connectivity index (χ1n) is 11.5. The van der Waals surface area contributed by atoms with Crippen molar-refractivity contribution in [2.24, 2.45) is 0 Å². The molecule has 0 spiro atoms. The summed E-state index contributed by atoms with van der Waals surface area (Å²) in [7, 11) is 0. The van der Waals surface area contributed by atoms with Crippen molar-refractivity contribution >= 4 is 63.6 Å². The molecule has 0 N–H and O–H groups in total. The second kappa shape index (κ2) is 8.20. The quantitative estimate of drug-likeness (QED) is 0.168. The molecule has 0 fully saturated rings. The van der Waals surface area contributed by atoms with E-state index in [9.17, 15) is 0 Å². The molecule has 0 atom stereocenters. The number of fused-ring (bicyclic) bond motifs is 3. The van der Waals surface area contributed by atoms with E-state index in [-0.39, 0.29) is 0 Å². The predicted molar refractivity (Wildman–Crippen MR) is 155 cm³/mol. The van der Waals surface area contributed by atoms with E-state index in [1.807, 2.05) is 0 Å². The van der Waals surface area contributed by atoms with Crippen LogP contribution in [0.3, 0.4) is 0 Å². The summed E-state index contributed by atoms with van der Waals surface area (Å²) in [6, 6.07) is 53.0. The van der Waals surface area contributed by atoms with E-state index in [0.717, 1.165) is 0 Å². The molecule has 0 aliphatic carbocycles. The van der Waals surface area contributed by atoms with Gasteiger partial charge < -0.3 is 0 Å². The third kappa shape index (κ3) is 3.01. The Morgan fingerprint density at radius 2 is 0.794 bits per heavy atom. The number of halogens is 1. The van der Waals surface area contributed by atoms with Gasteiger partial charge in [-0.1, -0.05) is 0 Å². The van der Waals surface area contributed by atoms with Crippen molar-refractivity contribution < 1.29 is 0 Å². The number of benzene rings is 6. The standard InChI is InChI=1S/C32H24BrP/c33-34(27-13-4-1-5-14-27,28-15-6-2-7-16-28,29-17-8-3-9-18-29)30-22-23-32-26(24-30)21-20-25-12-10-11-19-31(25)32/h1-24H. The van der Waals surface area contributed by atoms with E-state index in [1.54, 1.807) is 0 Å². The Labute approximate surface area is 208 Å². The maximum absolute atomic E-state index is 4.59. The second-order valence-corrected chi connectivity index (χ2v) is 17.0. The Hall–Kier alpha value is -3.25. The summed E-state index contributed by atoms with van der Waals surface area (Å²) < 4.78 is 0. The molecular formula is C32H24BrP. The van der Waals surface area contributed by atoms with Crippen LogP contribution in [0.5, 0.6) is 0 Å². The molecule has 0 heterocycles. The fourth-order valence-corrected chi connectivity index (χ4v) is 12.8. The molecular weight excluding hydrogens is 495 g/mol. The van der Waals surface area contributed by atoms with Crippen LogP contribution in [-0.2, 0) is 0 Å². The van der Waals surface area contributed by atoms with Gasteiger partial charge in [-0.25, -0.2) is 0 Å². The van der Waals surface area contributed by atoms with Gasteiger partial charge in [0.15, 0.2) is 0 Å². The van der Waals surface area contributed by atoms with Crippen molar-refractivity contribution in [1.82, 2.24) is 0 Å². The molecule has 0 amide bonds. The van der Waals surface area contributed by atoms with Gasteiger partial charge in [0.25, 0.3) is 0 Å². The predicted octanol–water partition coefficient (Wildman–Crippen LogP) is 7.46. The van der Waals surface area contributed by atoms with Gasteiger partial charge in [-0.2, -0.15) is 0 Å². The van der Waals surface area contributed by atoms with Crippen molar-refractivity contribution in [2.75, 3.05) is 0 Å². The molecule has 0 aromatic heterocycles. The Kier molecular flexibility index (Phi) is 5.14. The first-order valence-corrected chi connectivity index (χ1v) is 15.8. The van der Waals surface area contributed by atoms with Crippen LogP contribution in [0.2, 0.25) is 0 Å². The minimum absolute atomic E-state index is 1.26. The Morgan fingerprint density at radius 1 is 0.353 bits per heavy atom. The third-order valence-corrected chi connectivity index (χ3v) is 16.9. The van der Waals surface area contributed by atoms with E-state index >= 15 is 0 Å². The minimum atomic E-state index is -3.20. The van der Waals surface area contributed by atoms with Gasteiger partial charge in [-0.15, -0.1) is 0 Å². The number of hydrogen-bond donors (Lipinski definition) is 0. The average molecular weight is 519 g/mol. The van der Waals surface area contributed by atoms with E-state index in [4.69, 9.17) is 0 Å². The molecule has 0 saturated heterocycles. The zero-order valence-electron chi connectivity index (χ0n) is 18.7.